The van der Waals surface area contributed by atoms with Crippen LogP contribution in [0.2, 0.25) is 5.02 Å². The van der Waals surface area contributed by atoms with Crippen LogP contribution in [0.4, 0.5) is 11.4 Å². The molecule has 3 aromatic rings. The maximum atomic E-state index is 9.95. The zero-order valence-corrected chi connectivity index (χ0v) is 11.9. The SMILES string of the molecule is COc1ccc2[nH]c(O)c(N=Nc3cccc(Cl)c3)c2c1. The first-order valence-electron chi connectivity index (χ1n) is 6.23. The topological polar surface area (TPSA) is 70.0 Å². The highest BCUT2D eigenvalue weighted by Gasteiger charge is 2.11. The number of azo groups is 1. The molecule has 1 aromatic heterocycles. The molecule has 21 heavy (non-hydrogen) atoms. The van der Waals surface area contributed by atoms with E-state index in [9.17, 15) is 5.11 Å². The van der Waals surface area contributed by atoms with Gasteiger partial charge in [0.1, 0.15) is 5.75 Å². The lowest BCUT2D eigenvalue weighted by Gasteiger charge is -1.98. The summed E-state index contributed by atoms with van der Waals surface area (Å²) in [6.45, 7) is 0. The fourth-order valence-electron chi connectivity index (χ4n) is 2.02. The van der Waals surface area contributed by atoms with E-state index in [2.05, 4.69) is 15.2 Å². The summed E-state index contributed by atoms with van der Waals surface area (Å²) in [5.74, 6) is 0.643. The van der Waals surface area contributed by atoms with Crippen molar-refractivity contribution in [3.05, 3.63) is 47.5 Å². The van der Waals surface area contributed by atoms with Crippen LogP contribution < -0.4 is 4.74 Å². The van der Waals surface area contributed by atoms with Crippen LogP contribution in [0.25, 0.3) is 10.9 Å². The minimum absolute atomic E-state index is 0.0379. The Labute approximate surface area is 125 Å². The molecule has 0 bridgehead atoms. The van der Waals surface area contributed by atoms with Crippen molar-refractivity contribution in [1.82, 2.24) is 4.98 Å². The Morgan fingerprint density at radius 2 is 2.00 bits per heavy atom. The van der Waals surface area contributed by atoms with Gasteiger partial charge >= 0.3 is 0 Å². The third-order valence-electron chi connectivity index (χ3n) is 3.03. The van der Waals surface area contributed by atoms with Gasteiger partial charge in [0.25, 0.3) is 0 Å². The van der Waals surface area contributed by atoms with E-state index in [0.29, 0.717) is 22.1 Å². The van der Waals surface area contributed by atoms with Gasteiger partial charge in [-0.25, -0.2) is 0 Å². The summed E-state index contributed by atoms with van der Waals surface area (Å²) >= 11 is 5.90. The molecule has 6 heteroatoms. The lowest BCUT2D eigenvalue weighted by Crippen LogP contribution is -1.80. The molecule has 0 aliphatic carbocycles. The maximum absolute atomic E-state index is 9.95. The highest BCUT2D eigenvalue weighted by molar-refractivity contribution is 6.30. The molecule has 0 saturated heterocycles. The van der Waals surface area contributed by atoms with Crippen molar-refractivity contribution in [3.8, 4) is 11.6 Å². The molecule has 2 aromatic carbocycles. The first-order chi connectivity index (χ1) is 10.2. The molecule has 1 heterocycles. The van der Waals surface area contributed by atoms with Gasteiger partial charge in [-0.05, 0) is 36.4 Å². The molecule has 0 radical (unpaired) electrons. The monoisotopic (exact) mass is 301 g/mol. The number of halogens is 1. The van der Waals surface area contributed by atoms with Crippen LogP contribution in [0.5, 0.6) is 11.6 Å². The lowest BCUT2D eigenvalue weighted by molar-refractivity contribution is 0.415. The third kappa shape index (κ3) is 2.68. The Bertz CT molecular complexity index is 827. The van der Waals surface area contributed by atoms with E-state index in [0.717, 1.165) is 10.9 Å². The zero-order chi connectivity index (χ0) is 14.8. The van der Waals surface area contributed by atoms with Gasteiger partial charge in [-0.3, -0.25) is 0 Å². The Balaban J connectivity index is 2.05. The number of nitrogens with one attached hydrogen (secondary N) is 1. The van der Waals surface area contributed by atoms with E-state index in [1.807, 2.05) is 6.07 Å². The number of hydrogen-bond donors (Lipinski definition) is 2. The summed E-state index contributed by atoms with van der Waals surface area (Å²) in [6, 6.07) is 12.4. The van der Waals surface area contributed by atoms with Crippen molar-refractivity contribution in [2.24, 2.45) is 10.2 Å². The molecule has 0 spiro atoms. The van der Waals surface area contributed by atoms with E-state index in [4.69, 9.17) is 16.3 Å². The van der Waals surface area contributed by atoms with E-state index < -0.39 is 0 Å². The smallest absolute Gasteiger partial charge is 0.218 e. The van der Waals surface area contributed by atoms with Crippen LogP contribution in [0.3, 0.4) is 0 Å². The van der Waals surface area contributed by atoms with Crippen molar-refractivity contribution in [1.29, 1.82) is 0 Å². The molecule has 0 aliphatic rings. The molecule has 0 atom stereocenters. The second-order valence-corrected chi connectivity index (χ2v) is 4.85. The fourth-order valence-corrected chi connectivity index (χ4v) is 2.20. The first-order valence-corrected chi connectivity index (χ1v) is 6.61. The van der Waals surface area contributed by atoms with E-state index in [1.165, 1.54) is 0 Å². The molecule has 0 aliphatic heterocycles. The molecule has 106 valence electrons. The minimum atomic E-state index is -0.0379. The Morgan fingerprint density at radius 1 is 1.14 bits per heavy atom. The molecule has 2 N–H and O–H groups in total. The average molecular weight is 302 g/mol. The highest BCUT2D eigenvalue weighted by atomic mass is 35.5. The fraction of sp³-hybridized carbons (Fsp3) is 0.0667. The number of nitrogens with zero attached hydrogens (tertiary/aromatic N) is 2. The second-order valence-electron chi connectivity index (χ2n) is 4.41. The van der Waals surface area contributed by atoms with Crippen molar-refractivity contribution in [3.63, 3.8) is 0 Å². The standard InChI is InChI=1S/C15H12ClN3O2/c1-21-11-5-6-13-12(8-11)14(15(20)17-13)19-18-10-4-2-3-9(16)7-10/h2-8,17,20H,1H3. The maximum Gasteiger partial charge on any atom is 0.218 e. The van der Waals surface area contributed by atoms with Crippen LogP contribution in [0, 0.1) is 0 Å². The van der Waals surface area contributed by atoms with Gasteiger partial charge in [0.2, 0.25) is 5.88 Å². The number of H-pyrrole nitrogens is 1. The number of ether oxygens (including phenoxy) is 1. The number of hydrogen-bond acceptors (Lipinski definition) is 4. The number of fused-ring (bicyclic) bond motifs is 1. The van der Waals surface area contributed by atoms with Gasteiger partial charge in [0, 0.05) is 10.4 Å². The molecule has 0 saturated carbocycles. The highest BCUT2D eigenvalue weighted by Crippen LogP contribution is 2.38. The van der Waals surface area contributed by atoms with Crippen molar-refractivity contribution >= 4 is 33.9 Å². The van der Waals surface area contributed by atoms with Crippen molar-refractivity contribution in [2.45, 2.75) is 0 Å². The molecular weight excluding hydrogens is 290 g/mol. The predicted octanol–water partition coefficient (Wildman–Crippen LogP) is 4.95. The summed E-state index contributed by atoms with van der Waals surface area (Å²) in [7, 11) is 1.58. The Kier molecular flexibility index (Phi) is 3.50. The van der Waals surface area contributed by atoms with Crippen LogP contribution in [-0.4, -0.2) is 17.2 Å². The Morgan fingerprint density at radius 3 is 2.76 bits per heavy atom. The average Bonchev–Trinajstić information content (AvgIpc) is 2.79. The summed E-state index contributed by atoms with van der Waals surface area (Å²) in [5, 5.41) is 19.5. The number of methoxy groups -OCH3 is 1. The van der Waals surface area contributed by atoms with Crippen LogP contribution in [0.15, 0.2) is 52.7 Å². The summed E-state index contributed by atoms with van der Waals surface area (Å²) in [5.41, 5.74) is 1.73. The Hall–Kier alpha value is -2.53. The third-order valence-corrected chi connectivity index (χ3v) is 3.27. The largest absolute Gasteiger partial charge is 0.497 e. The van der Waals surface area contributed by atoms with E-state index >= 15 is 0 Å². The van der Waals surface area contributed by atoms with Gasteiger partial charge in [-0.1, -0.05) is 17.7 Å². The summed E-state index contributed by atoms with van der Waals surface area (Å²) in [4.78, 5) is 2.85. The van der Waals surface area contributed by atoms with Gasteiger partial charge in [-0.2, -0.15) is 5.11 Å². The van der Waals surface area contributed by atoms with Gasteiger partial charge in [0.05, 0.1) is 18.3 Å². The van der Waals surface area contributed by atoms with Gasteiger partial charge in [0.15, 0.2) is 5.69 Å². The molecule has 3 rings (SSSR count). The number of aromatic nitrogens is 1. The number of aromatic hydroxyl groups is 1. The number of rotatable bonds is 3. The molecule has 0 fully saturated rings. The summed E-state index contributed by atoms with van der Waals surface area (Å²) in [6.07, 6.45) is 0. The quantitative estimate of drug-likeness (QED) is 0.672. The van der Waals surface area contributed by atoms with Crippen molar-refractivity contribution in [2.75, 3.05) is 7.11 Å². The van der Waals surface area contributed by atoms with Gasteiger partial charge < -0.3 is 14.8 Å². The van der Waals surface area contributed by atoms with E-state index in [1.54, 1.807) is 43.5 Å². The van der Waals surface area contributed by atoms with Crippen LogP contribution in [-0.2, 0) is 0 Å². The zero-order valence-electron chi connectivity index (χ0n) is 11.2. The molecule has 0 unspecified atom stereocenters. The van der Waals surface area contributed by atoms with Gasteiger partial charge in [-0.15, -0.1) is 5.11 Å². The normalized spacial score (nSPS) is 11.3. The lowest BCUT2D eigenvalue weighted by atomic mass is 10.2. The minimum Gasteiger partial charge on any atom is -0.497 e. The summed E-state index contributed by atoms with van der Waals surface area (Å²) < 4.78 is 5.18. The molecule has 0 amide bonds. The number of benzene rings is 2. The van der Waals surface area contributed by atoms with Crippen molar-refractivity contribution < 1.29 is 9.84 Å². The predicted molar refractivity (Wildman–Crippen MR) is 82.1 cm³/mol. The molecule has 5 nitrogen and oxygen atoms in total. The number of aromatic amines is 1. The molecular formula is C15H12ClN3O2. The first kappa shape index (κ1) is 13.5. The van der Waals surface area contributed by atoms with Crippen LogP contribution in [0.1, 0.15) is 0 Å². The van der Waals surface area contributed by atoms with E-state index in [-0.39, 0.29) is 5.88 Å². The van der Waals surface area contributed by atoms with Crippen LogP contribution >= 0.6 is 11.6 Å². The second kappa shape index (κ2) is 5.46.